The lowest BCUT2D eigenvalue weighted by molar-refractivity contribution is -0.131. The van der Waals surface area contributed by atoms with Gasteiger partial charge in [0.2, 0.25) is 11.8 Å². The minimum Gasteiger partial charge on any atom is -0.492 e. The number of amides is 3. The molecule has 340 valence electrons. The number of nitrogens with zero attached hydrogens (tertiary/aromatic N) is 5. The van der Waals surface area contributed by atoms with E-state index in [0.717, 1.165) is 60.9 Å². The van der Waals surface area contributed by atoms with Crippen LogP contribution < -0.4 is 14.8 Å². The molecule has 1 N–H and O–H groups in total. The van der Waals surface area contributed by atoms with Crippen molar-refractivity contribution in [3.8, 4) is 34.0 Å². The SMILES string of the molecule is COc1ncc(-c2c(C(=O)Nc3ccccc3)c(C)n(C)c2-c2cc3c(cc2C(=O)N2Cc4ccccc4C[C@H]2C)CN(C(=O)Cc2ccc(OCCN4CCOCC4)cc2)CC3)cc1F. The third-order valence-electron chi connectivity index (χ3n) is 13.3. The third-order valence-corrected chi connectivity index (χ3v) is 13.3. The lowest BCUT2D eigenvalue weighted by Gasteiger charge is -2.36. The molecule has 0 bridgehead atoms. The van der Waals surface area contributed by atoms with Gasteiger partial charge < -0.3 is 33.9 Å². The molecule has 3 aliphatic rings. The predicted octanol–water partition coefficient (Wildman–Crippen LogP) is 7.89. The van der Waals surface area contributed by atoms with E-state index in [0.29, 0.717) is 84.0 Å². The number of ether oxygens (including phenoxy) is 3. The van der Waals surface area contributed by atoms with E-state index in [9.17, 15) is 9.59 Å². The molecule has 3 amide bonds. The Bertz CT molecular complexity index is 2770. The summed E-state index contributed by atoms with van der Waals surface area (Å²) in [6.07, 6.45) is 2.97. The zero-order valence-electron chi connectivity index (χ0n) is 37.9. The summed E-state index contributed by atoms with van der Waals surface area (Å²) < 4.78 is 34.2. The van der Waals surface area contributed by atoms with Crippen molar-refractivity contribution in [3.63, 3.8) is 0 Å². The number of aromatic nitrogens is 2. The van der Waals surface area contributed by atoms with Gasteiger partial charge in [-0.15, -0.1) is 0 Å². The van der Waals surface area contributed by atoms with E-state index in [1.807, 2.05) is 95.1 Å². The molecule has 4 aromatic carbocycles. The van der Waals surface area contributed by atoms with Gasteiger partial charge in [0.15, 0.2) is 5.82 Å². The third kappa shape index (κ3) is 9.18. The van der Waals surface area contributed by atoms with Crippen LogP contribution in [0, 0.1) is 12.7 Å². The molecule has 0 unspecified atom stereocenters. The Kier molecular flexibility index (Phi) is 13.0. The maximum absolute atomic E-state index is 15.7. The molecule has 0 saturated carbocycles. The number of fused-ring (bicyclic) bond motifs is 2. The summed E-state index contributed by atoms with van der Waals surface area (Å²) in [6.45, 7) is 9.87. The van der Waals surface area contributed by atoms with Gasteiger partial charge in [-0.3, -0.25) is 19.3 Å². The highest BCUT2D eigenvalue weighted by atomic mass is 19.1. The molecular formula is C53H55FN6O6. The number of para-hydroxylation sites is 1. The van der Waals surface area contributed by atoms with E-state index in [1.54, 1.807) is 12.1 Å². The Morgan fingerprint density at radius 1 is 0.879 bits per heavy atom. The van der Waals surface area contributed by atoms with Crippen LogP contribution in [-0.4, -0.2) is 101 Å². The Morgan fingerprint density at radius 2 is 1.62 bits per heavy atom. The second kappa shape index (κ2) is 19.3. The van der Waals surface area contributed by atoms with Gasteiger partial charge in [-0.2, -0.15) is 0 Å². The maximum Gasteiger partial charge on any atom is 0.258 e. The van der Waals surface area contributed by atoms with E-state index in [-0.39, 0.29) is 36.1 Å². The minimum atomic E-state index is -0.687. The van der Waals surface area contributed by atoms with Crippen LogP contribution in [0.25, 0.3) is 22.4 Å². The molecule has 1 atom stereocenters. The standard InChI is InChI=1S/C53H55FN6O6/c1-34-26-37-10-8-9-11-39(37)33-60(34)53(63)45-29-41-32-59(47(61)27-36-14-16-43(17-15-36)66-25-22-58-20-23-65-24-21-58)19-18-38(41)28-44(45)50-49(40-30-46(54)52(64-4)55-31-40)48(35(2)57(50)3)51(62)56-42-12-6-5-7-13-42/h5-17,28-31,34H,18-27,32-33H2,1-4H3,(H,56,62)/t34-/m1/s1. The van der Waals surface area contributed by atoms with Gasteiger partial charge in [-0.05, 0) is 97.0 Å². The van der Waals surface area contributed by atoms with Crippen molar-refractivity contribution in [1.82, 2.24) is 24.3 Å². The molecular weight excluding hydrogens is 836 g/mol. The van der Waals surface area contributed by atoms with Crippen molar-refractivity contribution in [2.24, 2.45) is 7.05 Å². The van der Waals surface area contributed by atoms with Gasteiger partial charge in [0.05, 0.1) is 38.0 Å². The molecule has 0 spiro atoms. The van der Waals surface area contributed by atoms with Gasteiger partial charge in [0.1, 0.15) is 12.4 Å². The number of carbonyl (C=O) groups is 3. The Morgan fingerprint density at radius 3 is 2.36 bits per heavy atom. The normalized spacial score (nSPS) is 16.0. The van der Waals surface area contributed by atoms with Crippen LogP contribution in [0.15, 0.2) is 103 Å². The Labute approximate surface area is 384 Å². The lowest BCUT2D eigenvalue weighted by atomic mass is 9.88. The second-order valence-corrected chi connectivity index (χ2v) is 17.4. The topological polar surface area (TPSA) is 118 Å². The van der Waals surface area contributed by atoms with Gasteiger partial charge >= 0.3 is 0 Å². The first-order valence-corrected chi connectivity index (χ1v) is 22.6. The average molecular weight is 891 g/mol. The summed E-state index contributed by atoms with van der Waals surface area (Å²) >= 11 is 0. The van der Waals surface area contributed by atoms with Crippen molar-refractivity contribution in [2.45, 2.75) is 52.2 Å². The van der Waals surface area contributed by atoms with Crippen LogP contribution >= 0.6 is 0 Å². The number of nitrogens with one attached hydrogen (secondary N) is 1. The number of halogens is 1. The highest BCUT2D eigenvalue weighted by Gasteiger charge is 2.34. The van der Waals surface area contributed by atoms with Gasteiger partial charge in [-0.25, -0.2) is 9.37 Å². The summed E-state index contributed by atoms with van der Waals surface area (Å²) in [4.78, 5) is 54.2. The second-order valence-electron chi connectivity index (χ2n) is 17.4. The van der Waals surface area contributed by atoms with E-state index in [1.165, 1.54) is 24.9 Å². The number of benzene rings is 4. The summed E-state index contributed by atoms with van der Waals surface area (Å²) in [5.41, 5.74) is 8.98. The molecule has 6 aromatic rings. The lowest BCUT2D eigenvalue weighted by Crippen LogP contribution is -2.43. The average Bonchev–Trinajstić information content (AvgIpc) is 3.60. The smallest absolute Gasteiger partial charge is 0.258 e. The quantitative estimate of drug-likeness (QED) is 0.132. The molecule has 9 rings (SSSR count). The van der Waals surface area contributed by atoms with Crippen molar-refractivity contribution in [1.29, 1.82) is 0 Å². The van der Waals surface area contributed by atoms with E-state index in [2.05, 4.69) is 34.3 Å². The fraction of sp³-hybridized carbons (Fsp3) is 0.321. The van der Waals surface area contributed by atoms with Crippen molar-refractivity contribution >= 4 is 23.4 Å². The number of methoxy groups -OCH3 is 1. The Hall–Kier alpha value is -6.83. The summed E-state index contributed by atoms with van der Waals surface area (Å²) in [7, 11) is 3.21. The van der Waals surface area contributed by atoms with Crippen molar-refractivity contribution in [2.75, 3.05) is 58.4 Å². The Balaban J connectivity index is 1.07. The summed E-state index contributed by atoms with van der Waals surface area (Å²) in [5.74, 6) is -0.674. The minimum absolute atomic E-state index is 0.0108. The maximum atomic E-state index is 15.7. The molecule has 13 heteroatoms. The monoisotopic (exact) mass is 890 g/mol. The largest absolute Gasteiger partial charge is 0.492 e. The van der Waals surface area contributed by atoms with Crippen LogP contribution in [0.4, 0.5) is 10.1 Å². The molecule has 1 saturated heterocycles. The van der Waals surface area contributed by atoms with Crippen molar-refractivity contribution in [3.05, 3.63) is 154 Å². The number of rotatable bonds is 12. The number of pyridine rings is 1. The molecule has 66 heavy (non-hydrogen) atoms. The zero-order valence-corrected chi connectivity index (χ0v) is 37.9. The van der Waals surface area contributed by atoms with E-state index in [4.69, 9.17) is 14.2 Å². The number of hydrogen-bond donors (Lipinski definition) is 1. The fourth-order valence-corrected chi connectivity index (χ4v) is 9.51. The molecule has 2 aromatic heterocycles. The van der Waals surface area contributed by atoms with Crippen LogP contribution in [-0.2, 0) is 48.9 Å². The van der Waals surface area contributed by atoms with E-state index < -0.39 is 5.82 Å². The first-order chi connectivity index (χ1) is 32.1. The van der Waals surface area contributed by atoms with Gasteiger partial charge in [0.25, 0.3) is 11.8 Å². The first-order valence-electron chi connectivity index (χ1n) is 22.6. The predicted molar refractivity (Wildman–Crippen MR) is 251 cm³/mol. The van der Waals surface area contributed by atoms with Crippen molar-refractivity contribution < 1.29 is 33.0 Å². The fourth-order valence-electron chi connectivity index (χ4n) is 9.51. The highest BCUT2D eigenvalue weighted by molar-refractivity contribution is 6.13. The van der Waals surface area contributed by atoms with E-state index >= 15 is 9.18 Å². The van der Waals surface area contributed by atoms with Gasteiger partial charge in [0, 0.05) is 92.2 Å². The first kappa shape index (κ1) is 44.4. The summed E-state index contributed by atoms with van der Waals surface area (Å²) in [6, 6.07) is 30.2. The molecule has 12 nitrogen and oxygen atoms in total. The van der Waals surface area contributed by atoms with Gasteiger partial charge in [-0.1, -0.05) is 54.6 Å². The molecule has 5 heterocycles. The number of carbonyl (C=O) groups excluding carboxylic acids is 3. The van der Waals surface area contributed by atoms with Crippen LogP contribution in [0.5, 0.6) is 11.6 Å². The molecule has 0 aliphatic carbocycles. The van der Waals surface area contributed by atoms with Crippen LogP contribution in [0.1, 0.15) is 61.2 Å². The van der Waals surface area contributed by atoms with Crippen LogP contribution in [0.3, 0.4) is 0 Å². The molecule has 3 aliphatic heterocycles. The molecule has 0 radical (unpaired) electrons. The molecule has 1 fully saturated rings. The van der Waals surface area contributed by atoms with Crippen LogP contribution in [0.2, 0.25) is 0 Å². The highest BCUT2D eigenvalue weighted by Crippen LogP contribution is 2.43. The number of morpholine rings is 1. The number of anilines is 1. The number of hydrogen-bond acceptors (Lipinski definition) is 8. The zero-order chi connectivity index (χ0) is 45.9. The summed E-state index contributed by atoms with van der Waals surface area (Å²) in [5, 5.41) is 3.03.